The quantitative estimate of drug-likeness (QED) is 0.802. The van der Waals surface area contributed by atoms with Crippen molar-refractivity contribution in [1.29, 1.82) is 0 Å². The average molecular weight is 236 g/mol. The maximum Gasteiger partial charge on any atom is 0.128 e. The number of anilines is 1. The van der Waals surface area contributed by atoms with E-state index in [9.17, 15) is 0 Å². The van der Waals surface area contributed by atoms with E-state index in [-0.39, 0.29) is 0 Å². The van der Waals surface area contributed by atoms with Gasteiger partial charge in [-0.2, -0.15) is 11.8 Å². The SMILES string of the molecule is CCSC1CCCCN(c2ccccn2)C1. The molecular weight excluding hydrogens is 216 g/mol. The van der Waals surface area contributed by atoms with Crippen LogP contribution in [0.5, 0.6) is 0 Å². The Labute approximate surface area is 102 Å². The van der Waals surface area contributed by atoms with Crippen molar-refractivity contribution in [2.45, 2.75) is 31.4 Å². The molecule has 0 bridgehead atoms. The molecule has 16 heavy (non-hydrogen) atoms. The van der Waals surface area contributed by atoms with Gasteiger partial charge in [0.25, 0.3) is 0 Å². The fraction of sp³-hybridized carbons (Fsp3) is 0.615. The van der Waals surface area contributed by atoms with Gasteiger partial charge in [-0.3, -0.25) is 0 Å². The Kier molecular flexibility index (Phi) is 4.52. The largest absolute Gasteiger partial charge is 0.356 e. The maximum absolute atomic E-state index is 4.46. The third kappa shape index (κ3) is 3.14. The van der Waals surface area contributed by atoms with E-state index in [1.807, 2.05) is 12.3 Å². The van der Waals surface area contributed by atoms with Gasteiger partial charge < -0.3 is 4.90 Å². The minimum Gasteiger partial charge on any atom is -0.356 e. The van der Waals surface area contributed by atoms with Crippen LogP contribution < -0.4 is 4.90 Å². The lowest BCUT2D eigenvalue weighted by Crippen LogP contribution is -2.30. The van der Waals surface area contributed by atoms with Gasteiger partial charge in [0.1, 0.15) is 5.82 Å². The second kappa shape index (κ2) is 6.14. The van der Waals surface area contributed by atoms with Crippen LogP contribution in [0.1, 0.15) is 26.2 Å². The number of thioether (sulfide) groups is 1. The molecule has 2 rings (SSSR count). The van der Waals surface area contributed by atoms with Gasteiger partial charge >= 0.3 is 0 Å². The van der Waals surface area contributed by atoms with Crippen molar-refractivity contribution in [3.8, 4) is 0 Å². The molecule has 1 aromatic rings. The lowest BCUT2D eigenvalue weighted by molar-refractivity contribution is 0.735. The van der Waals surface area contributed by atoms with E-state index >= 15 is 0 Å². The number of pyridine rings is 1. The van der Waals surface area contributed by atoms with E-state index in [2.05, 4.69) is 40.7 Å². The molecule has 1 aliphatic heterocycles. The zero-order chi connectivity index (χ0) is 11.2. The van der Waals surface area contributed by atoms with Gasteiger partial charge in [0.15, 0.2) is 0 Å². The molecule has 1 saturated heterocycles. The molecule has 3 heteroatoms. The number of hydrogen-bond donors (Lipinski definition) is 0. The van der Waals surface area contributed by atoms with Gasteiger partial charge in [-0.15, -0.1) is 0 Å². The minimum absolute atomic E-state index is 0.787. The molecule has 0 N–H and O–H groups in total. The monoisotopic (exact) mass is 236 g/mol. The highest BCUT2D eigenvalue weighted by Crippen LogP contribution is 2.24. The molecule has 0 aliphatic carbocycles. The minimum atomic E-state index is 0.787. The van der Waals surface area contributed by atoms with Gasteiger partial charge in [0.05, 0.1) is 0 Å². The summed E-state index contributed by atoms with van der Waals surface area (Å²) in [5, 5.41) is 0.787. The van der Waals surface area contributed by atoms with Crippen LogP contribution >= 0.6 is 11.8 Å². The van der Waals surface area contributed by atoms with Crippen LogP contribution in [0.2, 0.25) is 0 Å². The van der Waals surface area contributed by atoms with Crippen molar-refractivity contribution >= 4 is 17.6 Å². The van der Waals surface area contributed by atoms with Gasteiger partial charge in [0.2, 0.25) is 0 Å². The zero-order valence-electron chi connectivity index (χ0n) is 9.93. The fourth-order valence-corrected chi connectivity index (χ4v) is 3.31. The third-order valence-electron chi connectivity index (χ3n) is 3.00. The van der Waals surface area contributed by atoms with Crippen LogP contribution in [-0.2, 0) is 0 Å². The van der Waals surface area contributed by atoms with Crippen LogP contribution in [0.15, 0.2) is 24.4 Å². The fourth-order valence-electron chi connectivity index (χ4n) is 2.22. The normalized spacial score (nSPS) is 21.8. The van der Waals surface area contributed by atoms with Crippen molar-refractivity contribution in [3.63, 3.8) is 0 Å². The third-order valence-corrected chi connectivity index (χ3v) is 4.19. The Morgan fingerprint density at radius 2 is 2.38 bits per heavy atom. The molecule has 1 aliphatic rings. The van der Waals surface area contributed by atoms with Crippen LogP contribution in [0, 0.1) is 0 Å². The molecule has 0 spiro atoms. The standard InChI is InChI=1S/C13H20N2S/c1-2-16-12-7-4-6-10-15(11-12)13-8-3-5-9-14-13/h3,5,8-9,12H,2,4,6-7,10-11H2,1H3. The summed E-state index contributed by atoms with van der Waals surface area (Å²) in [5.74, 6) is 2.37. The van der Waals surface area contributed by atoms with Crippen LogP contribution in [0.25, 0.3) is 0 Å². The number of nitrogens with zero attached hydrogens (tertiary/aromatic N) is 2. The summed E-state index contributed by atoms with van der Waals surface area (Å²) in [6.45, 7) is 4.58. The first-order valence-corrected chi connectivity index (χ1v) is 7.22. The van der Waals surface area contributed by atoms with E-state index in [0.29, 0.717) is 0 Å². The molecule has 1 fully saturated rings. The van der Waals surface area contributed by atoms with E-state index in [0.717, 1.165) is 24.2 Å². The van der Waals surface area contributed by atoms with Gasteiger partial charge in [-0.1, -0.05) is 19.4 Å². The summed E-state index contributed by atoms with van der Waals surface area (Å²) in [6, 6.07) is 6.19. The Balaban J connectivity index is 2.03. The maximum atomic E-state index is 4.46. The van der Waals surface area contributed by atoms with Crippen molar-refractivity contribution in [2.75, 3.05) is 23.7 Å². The van der Waals surface area contributed by atoms with E-state index in [1.54, 1.807) is 0 Å². The van der Waals surface area contributed by atoms with E-state index in [4.69, 9.17) is 0 Å². The molecule has 0 radical (unpaired) electrons. The van der Waals surface area contributed by atoms with Crippen molar-refractivity contribution in [1.82, 2.24) is 4.98 Å². The van der Waals surface area contributed by atoms with Crippen molar-refractivity contribution < 1.29 is 0 Å². The summed E-state index contributed by atoms with van der Waals surface area (Å²) < 4.78 is 0. The Morgan fingerprint density at radius 1 is 1.44 bits per heavy atom. The first kappa shape index (κ1) is 11.8. The second-order valence-electron chi connectivity index (χ2n) is 4.21. The van der Waals surface area contributed by atoms with Crippen molar-refractivity contribution in [2.24, 2.45) is 0 Å². The number of aromatic nitrogens is 1. The smallest absolute Gasteiger partial charge is 0.128 e. The van der Waals surface area contributed by atoms with Gasteiger partial charge in [0, 0.05) is 24.5 Å². The Hall–Kier alpha value is -0.700. The molecule has 0 amide bonds. The second-order valence-corrected chi connectivity index (χ2v) is 5.78. The lowest BCUT2D eigenvalue weighted by atomic mass is 10.2. The molecular formula is C13H20N2S. The Bertz CT molecular complexity index is 302. The molecule has 2 nitrogen and oxygen atoms in total. The molecule has 1 atom stereocenters. The molecule has 1 aromatic heterocycles. The van der Waals surface area contributed by atoms with Crippen LogP contribution in [0.4, 0.5) is 5.82 Å². The summed E-state index contributed by atoms with van der Waals surface area (Å²) in [6.07, 6.45) is 5.92. The lowest BCUT2D eigenvalue weighted by Gasteiger charge is -2.24. The average Bonchev–Trinajstić information content (AvgIpc) is 2.56. The molecule has 1 unspecified atom stereocenters. The highest BCUT2D eigenvalue weighted by molar-refractivity contribution is 7.99. The highest BCUT2D eigenvalue weighted by Gasteiger charge is 2.18. The molecule has 0 aromatic carbocycles. The van der Waals surface area contributed by atoms with Crippen molar-refractivity contribution in [3.05, 3.63) is 24.4 Å². The van der Waals surface area contributed by atoms with E-state index < -0.39 is 0 Å². The number of hydrogen-bond acceptors (Lipinski definition) is 3. The van der Waals surface area contributed by atoms with Crippen LogP contribution in [0.3, 0.4) is 0 Å². The summed E-state index contributed by atoms with van der Waals surface area (Å²) in [4.78, 5) is 6.90. The predicted molar refractivity (Wildman–Crippen MR) is 72.2 cm³/mol. The summed E-state index contributed by atoms with van der Waals surface area (Å²) in [7, 11) is 0. The predicted octanol–water partition coefficient (Wildman–Crippen LogP) is 3.19. The van der Waals surface area contributed by atoms with E-state index in [1.165, 1.54) is 25.0 Å². The first-order valence-electron chi connectivity index (χ1n) is 6.17. The topological polar surface area (TPSA) is 16.1 Å². The summed E-state index contributed by atoms with van der Waals surface area (Å²) in [5.41, 5.74) is 0. The highest BCUT2D eigenvalue weighted by atomic mass is 32.2. The molecule has 0 saturated carbocycles. The van der Waals surface area contributed by atoms with Gasteiger partial charge in [-0.05, 0) is 30.7 Å². The molecule has 2 heterocycles. The first-order chi connectivity index (χ1) is 7.90. The molecule has 88 valence electrons. The van der Waals surface area contributed by atoms with Gasteiger partial charge in [-0.25, -0.2) is 4.98 Å². The van der Waals surface area contributed by atoms with Crippen LogP contribution in [-0.4, -0.2) is 29.1 Å². The number of rotatable bonds is 3. The Morgan fingerprint density at radius 3 is 3.12 bits per heavy atom. The zero-order valence-corrected chi connectivity index (χ0v) is 10.7. The summed E-state index contributed by atoms with van der Waals surface area (Å²) >= 11 is 2.09.